The van der Waals surface area contributed by atoms with Crippen molar-refractivity contribution in [3.05, 3.63) is 47.8 Å². The second kappa shape index (κ2) is 10.3. The zero-order valence-corrected chi connectivity index (χ0v) is 18.4. The molecule has 8 heteroatoms. The van der Waals surface area contributed by atoms with Crippen LogP contribution in [0.3, 0.4) is 0 Å². The molecule has 2 heterocycles. The topological polar surface area (TPSA) is 65.9 Å². The standard InChI is InChI=1S/C19H26N6O.HI/c1-15-11-16(13-17(12-15)26-3)14-23-18(20-2)24-7-9-25(10-8-24)19-21-5-4-6-22-19;/h4-6,11-13H,7-10,14H2,1-3H3,(H,20,23);1H. The van der Waals surface area contributed by atoms with E-state index in [1.165, 1.54) is 11.1 Å². The summed E-state index contributed by atoms with van der Waals surface area (Å²) in [5, 5.41) is 3.46. The molecule has 0 amide bonds. The largest absolute Gasteiger partial charge is 0.497 e. The zero-order valence-electron chi connectivity index (χ0n) is 16.1. The SMILES string of the molecule is CN=C(NCc1cc(C)cc(OC)c1)N1CCN(c2ncccn2)CC1.I. The molecule has 0 radical (unpaired) electrons. The fourth-order valence-corrected chi connectivity index (χ4v) is 3.13. The molecule has 2 aromatic rings. The van der Waals surface area contributed by atoms with Gasteiger partial charge in [0.25, 0.3) is 0 Å². The van der Waals surface area contributed by atoms with Gasteiger partial charge in [-0.15, -0.1) is 24.0 Å². The van der Waals surface area contributed by atoms with Gasteiger partial charge in [0.1, 0.15) is 5.75 Å². The lowest BCUT2D eigenvalue weighted by molar-refractivity contribution is 0.370. The number of halogens is 1. The number of hydrogen-bond acceptors (Lipinski definition) is 5. The molecule has 1 aromatic carbocycles. The molecule has 0 spiro atoms. The maximum atomic E-state index is 5.35. The van der Waals surface area contributed by atoms with Gasteiger partial charge in [0, 0.05) is 52.2 Å². The fraction of sp³-hybridized carbons (Fsp3) is 0.421. The molecular weight excluding hydrogens is 455 g/mol. The number of aliphatic imine (C=N–C) groups is 1. The number of aromatic nitrogens is 2. The van der Waals surface area contributed by atoms with Crippen molar-refractivity contribution < 1.29 is 4.74 Å². The molecule has 1 saturated heterocycles. The third kappa shape index (κ3) is 5.69. The smallest absolute Gasteiger partial charge is 0.225 e. The van der Waals surface area contributed by atoms with Crippen molar-refractivity contribution in [1.29, 1.82) is 0 Å². The number of guanidine groups is 1. The Labute approximate surface area is 177 Å². The predicted molar refractivity (Wildman–Crippen MR) is 119 cm³/mol. The van der Waals surface area contributed by atoms with E-state index in [1.54, 1.807) is 19.5 Å². The number of methoxy groups -OCH3 is 1. The van der Waals surface area contributed by atoms with E-state index in [0.717, 1.165) is 43.8 Å². The number of benzene rings is 1. The zero-order chi connectivity index (χ0) is 18.4. The van der Waals surface area contributed by atoms with Crippen molar-refractivity contribution in [2.75, 3.05) is 45.2 Å². The maximum Gasteiger partial charge on any atom is 0.225 e. The molecule has 1 aromatic heterocycles. The van der Waals surface area contributed by atoms with Gasteiger partial charge in [-0.05, 0) is 36.2 Å². The van der Waals surface area contributed by atoms with E-state index in [1.807, 2.05) is 19.2 Å². The predicted octanol–water partition coefficient (Wildman–Crippen LogP) is 2.31. The third-order valence-corrected chi connectivity index (χ3v) is 4.42. The lowest BCUT2D eigenvalue weighted by Gasteiger charge is -2.36. The van der Waals surface area contributed by atoms with Crippen LogP contribution in [0.1, 0.15) is 11.1 Å². The molecule has 1 N–H and O–H groups in total. The summed E-state index contributed by atoms with van der Waals surface area (Å²) < 4.78 is 5.35. The number of nitrogens with zero attached hydrogens (tertiary/aromatic N) is 5. The maximum absolute atomic E-state index is 5.35. The number of rotatable bonds is 4. The average molecular weight is 482 g/mol. The van der Waals surface area contributed by atoms with Crippen LogP contribution in [0.25, 0.3) is 0 Å². The second-order valence-corrected chi connectivity index (χ2v) is 6.28. The second-order valence-electron chi connectivity index (χ2n) is 6.28. The first-order valence-corrected chi connectivity index (χ1v) is 8.81. The molecule has 1 aliphatic rings. The summed E-state index contributed by atoms with van der Waals surface area (Å²) >= 11 is 0. The van der Waals surface area contributed by atoms with Gasteiger partial charge < -0.3 is 19.9 Å². The van der Waals surface area contributed by atoms with Gasteiger partial charge in [-0.3, -0.25) is 4.99 Å². The van der Waals surface area contributed by atoms with Crippen LogP contribution in [-0.2, 0) is 6.54 Å². The highest BCUT2D eigenvalue weighted by Crippen LogP contribution is 2.16. The number of aryl methyl sites for hydroxylation is 1. The van der Waals surface area contributed by atoms with Crippen LogP contribution >= 0.6 is 24.0 Å². The lowest BCUT2D eigenvalue weighted by Crippen LogP contribution is -2.52. The molecule has 0 atom stereocenters. The van der Waals surface area contributed by atoms with Crippen LogP contribution in [0.5, 0.6) is 5.75 Å². The van der Waals surface area contributed by atoms with Gasteiger partial charge >= 0.3 is 0 Å². The van der Waals surface area contributed by atoms with Crippen LogP contribution in [0.4, 0.5) is 5.95 Å². The third-order valence-electron chi connectivity index (χ3n) is 4.42. The van der Waals surface area contributed by atoms with Crippen LogP contribution in [0, 0.1) is 6.92 Å². The van der Waals surface area contributed by atoms with Crippen molar-refractivity contribution in [2.45, 2.75) is 13.5 Å². The highest BCUT2D eigenvalue weighted by Gasteiger charge is 2.21. The van der Waals surface area contributed by atoms with E-state index < -0.39 is 0 Å². The number of nitrogens with one attached hydrogen (secondary N) is 1. The Morgan fingerprint density at radius 3 is 2.48 bits per heavy atom. The number of anilines is 1. The quantitative estimate of drug-likeness (QED) is 0.410. The highest BCUT2D eigenvalue weighted by molar-refractivity contribution is 14.0. The van der Waals surface area contributed by atoms with E-state index in [9.17, 15) is 0 Å². The van der Waals surface area contributed by atoms with E-state index in [4.69, 9.17) is 4.74 Å². The Bertz CT molecular complexity index is 747. The fourth-order valence-electron chi connectivity index (χ4n) is 3.13. The summed E-state index contributed by atoms with van der Waals surface area (Å²) in [5.74, 6) is 2.59. The minimum absolute atomic E-state index is 0. The summed E-state index contributed by atoms with van der Waals surface area (Å²) in [6.45, 7) is 6.31. The van der Waals surface area contributed by atoms with Gasteiger partial charge in [-0.1, -0.05) is 6.07 Å². The Hall–Kier alpha value is -2.10. The van der Waals surface area contributed by atoms with Gasteiger partial charge in [0.05, 0.1) is 7.11 Å². The molecule has 3 rings (SSSR count). The van der Waals surface area contributed by atoms with Crippen LogP contribution < -0.4 is 15.0 Å². The first-order valence-electron chi connectivity index (χ1n) is 8.81. The summed E-state index contributed by atoms with van der Waals surface area (Å²) in [7, 11) is 3.52. The van der Waals surface area contributed by atoms with E-state index in [-0.39, 0.29) is 24.0 Å². The lowest BCUT2D eigenvalue weighted by atomic mass is 10.1. The summed E-state index contributed by atoms with van der Waals surface area (Å²) in [6.07, 6.45) is 3.57. The first-order chi connectivity index (χ1) is 12.7. The monoisotopic (exact) mass is 482 g/mol. The molecule has 0 unspecified atom stereocenters. The average Bonchev–Trinajstić information content (AvgIpc) is 2.69. The van der Waals surface area contributed by atoms with E-state index in [0.29, 0.717) is 6.54 Å². The first kappa shape index (κ1) is 21.2. The Balaban J connectivity index is 0.00000261. The Morgan fingerprint density at radius 1 is 1.15 bits per heavy atom. The number of hydrogen-bond donors (Lipinski definition) is 1. The Morgan fingerprint density at radius 2 is 1.85 bits per heavy atom. The van der Waals surface area contributed by atoms with Crippen molar-refractivity contribution in [2.24, 2.45) is 4.99 Å². The van der Waals surface area contributed by atoms with Crippen LogP contribution in [0.2, 0.25) is 0 Å². The molecule has 0 aliphatic carbocycles. The van der Waals surface area contributed by atoms with E-state index in [2.05, 4.69) is 49.1 Å². The number of piperazine rings is 1. The minimum Gasteiger partial charge on any atom is -0.497 e. The van der Waals surface area contributed by atoms with Gasteiger partial charge in [0.2, 0.25) is 5.95 Å². The normalized spacial score (nSPS) is 14.6. The van der Waals surface area contributed by atoms with Crippen molar-refractivity contribution in [3.63, 3.8) is 0 Å². The molecule has 1 fully saturated rings. The molecule has 0 saturated carbocycles. The molecule has 1 aliphatic heterocycles. The minimum atomic E-state index is 0. The van der Waals surface area contributed by atoms with E-state index >= 15 is 0 Å². The summed E-state index contributed by atoms with van der Waals surface area (Å²) in [6, 6.07) is 8.08. The highest BCUT2D eigenvalue weighted by atomic mass is 127. The molecular formula is C19H27IN6O. The molecule has 7 nitrogen and oxygen atoms in total. The van der Waals surface area contributed by atoms with Crippen LogP contribution in [-0.4, -0.2) is 61.2 Å². The number of ether oxygens (including phenoxy) is 1. The van der Waals surface area contributed by atoms with Crippen molar-refractivity contribution >= 4 is 35.9 Å². The van der Waals surface area contributed by atoms with Gasteiger partial charge in [-0.2, -0.15) is 0 Å². The molecule has 146 valence electrons. The van der Waals surface area contributed by atoms with Crippen LogP contribution in [0.15, 0.2) is 41.7 Å². The van der Waals surface area contributed by atoms with Crippen molar-refractivity contribution in [1.82, 2.24) is 20.2 Å². The molecule has 0 bridgehead atoms. The Kier molecular flexibility index (Phi) is 8.08. The summed E-state index contributed by atoms with van der Waals surface area (Å²) in [5.41, 5.74) is 2.37. The van der Waals surface area contributed by atoms with Crippen molar-refractivity contribution in [3.8, 4) is 5.75 Å². The molecule has 27 heavy (non-hydrogen) atoms. The van der Waals surface area contributed by atoms with Gasteiger partial charge in [0.15, 0.2) is 5.96 Å². The summed E-state index contributed by atoms with van der Waals surface area (Å²) in [4.78, 5) is 17.6. The van der Waals surface area contributed by atoms with Gasteiger partial charge in [-0.25, -0.2) is 9.97 Å².